The van der Waals surface area contributed by atoms with Crippen molar-refractivity contribution >= 4 is 21.8 Å². The number of alkyl halides is 1. The van der Waals surface area contributed by atoms with E-state index < -0.39 is 0 Å². The lowest BCUT2D eigenvalue weighted by atomic mass is 10.1. The van der Waals surface area contributed by atoms with E-state index in [2.05, 4.69) is 28.1 Å². The van der Waals surface area contributed by atoms with Gasteiger partial charge < -0.3 is 4.90 Å². The smallest absolute Gasteiger partial charge is 0.253 e. The van der Waals surface area contributed by atoms with Gasteiger partial charge in [-0.3, -0.25) is 4.79 Å². The molecule has 0 aliphatic heterocycles. The van der Waals surface area contributed by atoms with Crippen LogP contribution in [0.4, 0.5) is 0 Å². The summed E-state index contributed by atoms with van der Waals surface area (Å²) in [5, 5.41) is 0.945. The number of hydrogen-bond donors (Lipinski definition) is 0. The molecule has 1 aliphatic carbocycles. The fraction of sp³-hybridized carbons (Fsp3) is 0.533. The number of carbonyl (C=O) groups is 1. The summed E-state index contributed by atoms with van der Waals surface area (Å²) < 4.78 is 0. The van der Waals surface area contributed by atoms with Gasteiger partial charge in [-0.05, 0) is 55.9 Å². The van der Waals surface area contributed by atoms with Crippen LogP contribution in [0.15, 0.2) is 18.2 Å². The molecule has 0 saturated carbocycles. The number of hydrogen-bond acceptors (Lipinski definition) is 1. The molecule has 0 atom stereocenters. The fourth-order valence-electron chi connectivity index (χ4n) is 2.54. The van der Waals surface area contributed by atoms with Crippen molar-refractivity contribution < 1.29 is 4.79 Å². The van der Waals surface area contributed by atoms with Crippen molar-refractivity contribution in [2.75, 3.05) is 18.4 Å². The minimum absolute atomic E-state index is 0.174. The highest BCUT2D eigenvalue weighted by molar-refractivity contribution is 9.09. The number of rotatable bonds is 5. The third-order valence-corrected chi connectivity index (χ3v) is 4.14. The Bertz CT molecular complexity index is 431. The maximum absolute atomic E-state index is 12.4. The van der Waals surface area contributed by atoms with Crippen LogP contribution < -0.4 is 0 Å². The molecule has 0 spiro atoms. The molecule has 1 aromatic carbocycles. The number of benzene rings is 1. The monoisotopic (exact) mass is 309 g/mol. The third-order valence-electron chi connectivity index (χ3n) is 3.58. The van der Waals surface area contributed by atoms with E-state index in [4.69, 9.17) is 0 Å². The topological polar surface area (TPSA) is 20.3 Å². The Morgan fingerprint density at radius 3 is 2.83 bits per heavy atom. The first-order valence-corrected chi connectivity index (χ1v) is 7.85. The molecule has 1 aromatic rings. The molecule has 0 saturated heterocycles. The van der Waals surface area contributed by atoms with Crippen LogP contribution in [0.25, 0.3) is 0 Å². The molecule has 0 radical (unpaired) electrons. The van der Waals surface area contributed by atoms with E-state index in [1.165, 1.54) is 24.0 Å². The van der Waals surface area contributed by atoms with Crippen LogP contribution in [0, 0.1) is 0 Å². The predicted molar refractivity (Wildman–Crippen MR) is 78.5 cm³/mol. The van der Waals surface area contributed by atoms with Gasteiger partial charge in [-0.25, -0.2) is 0 Å². The van der Waals surface area contributed by atoms with Crippen LogP contribution in [0.5, 0.6) is 0 Å². The zero-order valence-corrected chi connectivity index (χ0v) is 12.5. The fourth-order valence-corrected chi connectivity index (χ4v) is 2.79. The number of amides is 1. The van der Waals surface area contributed by atoms with Gasteiger partial charge in [0, 0.05) is 24.0 Å². The highest BCUT2D eigenvalue weighted by Gasteiger charge is 2.17. The molecular formula is C15H20BrNO. The van der Waals surface area contributed by atoms with Crippen molar-refractivity contribution in [1.29, 1.82) is 0 Å². The second-order valence-corrected chi connectivity index (χ2v) is 5.56. The molecule has 18 heavy (non-hydrogen) atoms. The molecular weight excluding hydrogens is 290 g/mol. The first-order valence-electron chi connectivity index (χ1n) is 6.73. The summed E-state index contributed by atoms with van der Waals surface area (Å²) in [6.07, 6.45) is 4.54. The first kappa shape index (κ1) is 13.6. The molecule has 3 heteroatoms. The Labute approximate surface area is 117 Å². The summed E-state index contributed by atoms with van der Waals surface area (Å²) >= 11 is 3.42. The summed E-state index contributed by atoms with van der Waals surface area (Å²) in [6.45, 7) is 3.65. The van der Waals surface area contributed by atoms with Crippen LogP contribution in [0.3, 0.4) is 0 Å². The van der Waals surface area contributed by atoms with Crippen LogP contribution in [-0.2, 0) is 12.8 Å². The van der Waals surface area contributed by atoms with E-state index in [0.717, 1.165) is 36.8 Å². The normalized spacial score (nSPS) is 13.4. The van der Waals surface area contributed by atoms with Gasteiger partial charge in [0.2, 0.25) is 0 Å². The molecule has 2 rings (SSSR count). The van der Waals surface area contributed by atoms with Crippen molar-refractivity contribution in [2.24, 2.45) is 0 Å². The zero-order chi connectivity index (χ0) is 13.0. The minimum Gasteiger partial charge on any atom is -0.339 e. The Kier molecular flexibility index (Phi) is 4.81. The maximum Gasteiger partial charge on any atom is 0.253 e. The van der Waals surface area contributed by atoms with Crippen LogP contribution in [-0.4, -0.2) is 29.2 Å². The van der Waals surface area contributed by atoms with Gasteiger partial charge in [0.05, 0.1) is 0 Å². The van der Waals surface area contributed by atoms with Gasteiger partial charge in [-0.2, -0.15) is 0 Å². The second-order valence-electron chi connectivity index (χ2n) is 4.76. The van der Waals surface area contributed by atoms with Gasteiger partial charge in [0.25, 0.3) is 5.91 Å². The Hall–Kier alpha value is -0.830. The van der Waals surface area contributed by atoms with Gasteiger partial charge >= 0.3 is 0 Å². The number of nitrogens with zero attached hydrogens (tertiary/aromatic N) is 1. The number of aryl methyl sites for hydroxylation is 2. The average Bonchev–Trinajstić information content (AvgIpc) is 2.86. The van der Waals surface area contributed by atoms with E-state index in [1.807, 2.05) is 17.9 Å². The lowest BCUT2D eigenvalue weighted by Gasteiger charge is -2.20. The van der Waals surface area contributed by atoms with Crippen molar-refractivity contribution in [3.8, 4) is 0 Å². The largest absolute Gasteiger partial charge is 0.339 e. The average molecular weight is 310 g/mol. The summed E-state index contributed by atoms with van der Waals surface area (Å²) in [5.41, 5.74) is 3.65. The Balaban J connectivity index is 2.12. The van der Waals surface area contributed by atoms with E-state index >= 15 is 0 Å². The molecule has 0 heterocycles. The quantitative estimate of drug-likeness (QED) is 0.763. The van der Waals surface area contributed by atoms with Crippen molar-refractivity contribution in [3.63, 3.8) is 0 Å². The lowest BCUT2D eigenvalue weighted by Crippen LogP contribution is -2.32. The maximum atomic E-state index is 12.4. The van der Waals surface area contributed by atoms with Gasteiger partial charge in [0.15, 0.2) is 0 Å². The summed E-state index contributed by atoms with van der Waals surface area (Å²) in [4.78, 5) is 14.3. The highest BCUT2D eigenvalue weighted by atomic mass is 79.9. The molecule has 1 amide bonds. The van der Waals surface area contributed by atoms with Gasteiger partial charge in [-0.15, -0.1) is 0 Å². The minimum atomic E-state index is 0.174. The van der Waals surface area contributed by atoms with E-state index in [0.29, 0.717) is 0 Å². The number of halogens is 1. The molecule has 2 nitrogen and oxygen atoms in total. The third kappa shape index (κ3) is 2.94. The van der Waals surface area contributed by atoms with E-state index in [9.17, 15) is 4.79 Å². The standard InChI is InChI=1S/C15H20BrNO/c1-2-17(10-4-9-16)15(18)14-8-7-12-5-3-6-13(12)11-14/h7-8,11H,2-6,9-10H2,1H3. The molecule has 98 valence electrons. The second kappa shape index (κ2) is 6.37. The zero-order valence-electron chi connectivity index (χ0n) is 10.9. The SMILES string of the molecule is CCN(CCCBr)C(=O)c1ccc2c(c1)CCC2. The number of carbonyl (C=O) groups excluding carboxylic acids is 1. The summed E-state index contributed by atoms with van der Waals surface area (Å²) in [5.74, 6) is 0.174. The molecule has 0 N–H and O–H groups in total. The van der Waals surface area contributed by atoms with Crippen molar-refractivity contribution in [1.82, 2.24) is 4.90 Å². The van der Waals surface area contributed by atoms with Crippen molar-refractivity contribution in [3.05, 3.63) is 34.9 Å². The lowest BCUT2D eigenvalue weighted by molar-refractivity contribution is 0.0765. The van der Waals surface area contributed by atoms with E-state index in [-0.39, 0.29) is 5.91 Å². The Morgan fingerprint density at radius 1 is 1.33 bits per heavy atom. The van der Waals surface area contributed by atoms with Crippen molar-refractivity contribution in [2.45, 2.75) is 32.6 Å². The van der Waals surface area contributed by atoms with Crippen LogP contribution in [0.1, 0.15) is 41.3 Å². The van der Waals surface area contributed by atoms with Crippen LogP contribution in [0.2, 0.25) is 0 Å². The van der Waals surface area contributed by atoms with Gasteiger partial charge in [0.1, 0.15) is 0 Å². The Morgan fingerprint density at radius 2 is 2.11 bits per heavy atom. The summed E-state index contributed by atoms with van der Waals surface area (Å²) in [7, 11) is 0. The van der Waals surface area contributed by atoms with Crippen LogP contribution >= 0.6 is 15.9 Å². The molecule has 1 aliphatic rings. The number of fused-ring (bicyclic) bond motifs is 1. The highest BCUT2D eigenvalue weighted by Crippen LogP contribution is 2.23. The molecule has 0 aromatic heterocycles. The van der Waals surface area contributed by atoms with Gasteiger partial charge in [-0.1, -0.05) is 22.0 Å². The molecule has 0 fully saturated rings. The summed E-state index contributed by atoms with van der Waals surface area (Å²) in [6, 6.07) is 6.22. The molecule has 0 unspecified atom stereocenters. The van der Waals surface area contributed by atoms with E-state index in [1.54, 1.807) is 0 Å². The molecule has 0 bridgehead atoms. The first-order chi connectivity index (χ1) is 8.76. The predicted octanol–water partition coefficient (Wildman–Crippen LogP) is 3.42.